The monoisotopic (exact) mass is 295 g/mol. The first kappa shape index (κ1) is 15.8. The van der Waals surface area contributed by atoms with E-state index in [2.05, 4.69) is 91.5 Å². The topological polar surface area (TPSA) is 3.24 Å². The molecule has 0 saturated heterocycles. The summed E-state index contributed by atoms with van der Waals surface area (Å²) in [5.41, 5.74) is 0. The molecule has 2 rings (SSSR count). The molecule has 0 aliphatic rings. The highest BCUT2D eigenvalue weighted by atomic mass is 31.1. The summed E-state index contributed by atoms with van der Waals surface area (Å²) >= 11 is 0. The molecule has 0 aromatic heterocycles. The second-order valence-electron chi connectivity index (χ2n) is 5.16. The van der Waals surface area contributed by atoms with Gasteiger partial charge >= 0.3 is 0 Å². The smallest absolute Gasteiger partial charge is 0.0596 e. The van der Waals surface area contributed by atoms with Crippen LogP contribution in [0.2, 0.25) is 0 Å². The molecule has 0 bridgehead atoms. The van der Waals surface area contributed by atoms with Crippen LogP contribution in [0.1, 0.15) is 6.42 Å². The van der Waals surface area contributed by atoms with Gasteiger partial charge in [0.15, 0.2) is 0 Å². The van der Waals surface area contributed by atoms with E-state index in [1.807, 2.05) is 0 Å². The third kappa shape index (κ3) is 5.35. The molecule has 0 unspecified atom stereocenters. The van der Waals surface area contributed by atoms with Crippen molar-refractivity contribution in [2.24, 2.45) is 0 Å². The molecule has 2 aromatic carbocycles. The van der Waals surface area contributed by atoms with Gasteiger partial charge in [-0.1, -0.05) is 66.6 Å². The Morgan fingerprint density at radius 3 is 1.81 bits per heavy atom. The molecule has 0 spiro atoms. The first-order chi connectivity index (χ1) is 10.3. The SMILES string of the molecule is CN(C)CC#CCCP(c1ccccc1)c1ccccc1. The minimum Gasteiger partial charge on any atom is -0.299 e. The summed E-state index contributed by atoms with van der Waals surface area (Å²) in [7, 11) is 3.80. The molecule has 0 amide bonds. The predicted molar refractivity (Wildman–Crippen MR) is 94.9 cm³/mol. The van der Waals surface area contributed by atoms with Crippen molar-refractivity contribution in [3.63, 3.8) is 0 Å². The van der Waals surface area contributed by atoms with E-state index < -0.39 is 0 Å². The van der Waals surface area contributed by atoms with E-state index >= 15 is 0 Å². The fraction of sp³-hybridized carbons (Fsp3) is 0.263. The molecule has 1 nitrogen and oxygen atoms in total. The molecule has 0 aliphatic carbocycles. The maximum atomic E-state index is 3.31. The molecule has 2 aromatic rings. The van der Waals surface area contributed by atoms with E-state index in [1.54, 1.807) is 0 Å². The zero-order chi connectivity index (χ0) is 14.9. The third-order valence-electron chi connectivity index (χ3n) is 3.12. The van der Waals surface area contributed by atoms with Crippen molar-refractivity contribution in [2.75, 3.05) is 26.8 Å². The second-order valence-corrected chi connectivity index (χ2v) is 7.50. The highest BCUT2D eigenvalue weighted by Crippen LogP contribution is 2.33. The van der Waals surface area contributed by atoms with Crippen molar-refractivity contribution in [1.29, 1.82) is 0 Å². The molecular weight excluding hydrogens is 273 g/mol. The van der Waals surface area contributed by atoms with E-state index in [1.165, 1.54) is 10.6 Å². The first-order valence-electron chi connectivity index (χ1n) is 7.25. The van der Waals surface area contributed by atoms with Gasteiger partial charge in [-0.15, -0.1) is 5.92 Å². The van der Waals surface area contributed by atoms with Gasteiger partial charge < -0.3 is 0 Å². The Balaban J connectivity index is 2.08. The average molecular weight is 295 g/mol. The summed E-state index contributed by atoms with van der Waals surface area (Å²) in [6.45, 7) is 0.842. The summed E-state index contributed by atoms with van der Waals surface area (Å²) in [5.74, 6) is 6.54. The number of rotatable bonds is 5. The van der Waals surface area contributed by atoms with Crippen LogP contribution >= 0.6 is 7.92 Å². The van der Waals surface area contributed by atoms with Gasteiger partial charge in [0, 0.05) is 6.42 Å². The number of hydrogen-bond acceptors (Lipinski definition) is 1. The molecule has 2 heteroatoms. The second kappa shape index (κ2) is 8.63. The van der Waals surface area contributed by atoms with Gasteiger partial charge in [-0.05, 0) is 38.8 Å². The van der Waals surface area contributed by atoms with Crippen molar-refractivity contribution in [3.8, 4) is 11.8 Å². The maximum absolute atomic E-state index is 3.31. The fourth-order valence-electron chi connectivity index (χ4n) is 2.09. The molecule has 0 fully saturated rings. The highest BCUT2D eigenvalue weighted by molar-refractivity contribution is 7.73. The van der Waals surface area contributed by atoms with Crippen molar-refractivity contribution in [3.05, 3.63) is 60.7 Å². The lowest BCUT2D eigenvalue weighted by Gasteiger charge is -2.17. The largest absolute Gasteiger partial charge is 0.299 e. The summed E-state index contributed by atoms with van der Waals surface area (Å²) in [4.78, 5) is 2.10. The minimum absolute atomic E-state index is 0.299. The third-order valence-corrected chi connectivity index (χ3v) is 5.63. The van der Waals surface area contributed by atoms with Crippen LogP contribution < -0.4 is 10.6 Å². The zero-order valence-corrected chi connectivity index (χ0v) is 13.7. The van der Waals surface area contributed by atoms with Crippen molar-refractivity contribution in [2.45, 2.75) is 6.42 Å². The molecule has 21 heavy (non-hydrogen) atoms. The quantitative estimate of drug-likeness (QED) is 0.605. The van der Waals surface area contributed by atoms with Crippen molar-refractivity contribution < 1.29 is 0 Å². The Bertz CT molecular complexity index is 542. The summed E-state index contributed by atoms with van der Waals surface area (Å²) < 4.78 is 0. The Kier molecular flexibility index (Phi) is 6.48. The maximum Gasteiger partial charge on any atom is 0.0596 e. The van der Waals surface area contributed by atoms with Crippen molar-refractivity contribution in [1.82, 2.24) is 4.90 Å². The van der Waals surface area contributed by atoms with Crippen LogP contribution in [0.25, 0.3) is 0 Å². The van der Waals surface area contributed by atoms with Gasteiger partial charge in [0.25, 0.3) is 0 Å². The summed E-state index contributed by atoms with van der Waals surface area (Å²) in [6, 6.07) is 21.7. The Hall–Kier alpha value is -1.61. The number of hydrogen-bond donors (Lipinski definition) is 0. The lowest BCUT2D eigenvalue weighted by Crippen LogP contribution is -2.13. The van der Waals surface area contributed by atoms with E-state index in [-0.39, 0.29) is 7.92 Å². The van der Waals surface area contributed by atoms with E-state index in [4.69, 9.17) is 0 Å². The lowest BCUT2D eigenvalue weighted by atomic mass is 10.4. The summed E-state index contributed by atoms with van der Waals surface area (Å²) in [5, 5.41) is 2.88. The first-order valence-corrected chi connectivity index (χ1v) is 8.78. The predicted octanol–water partition coefficient (Wildman–Crippen LogP) is 3.07. The van der Waals surface area contributed by atoms with Crippen LogP contribution in [-0.2, 0) is 0 Å². The standard InChI is InChI=1S/C19H22NP/c1-20(2)16-10-5-11-17-21(18-12-6-3-7-13-18)19-14-8-4-9-15-19/h3-4,6-9,12-15H,11,16-17H2,1-2H3. The Morgan fingerprint density at radius 1 is 0.810 bits per heavy atom. The molecule has 0 N–H and O–H groups in total. The van der Waals surface area contributed by atoms with E-state index in [0.717, 1.165) is 19.1 Å². The summed E-state index contributed by atoms with van der Waals surface area (Å²) in [6.07, 6.45) is 2.09. The van der Waals surface area contributed by atoms with Gasteiger partial charge in [0.05, 0.1) is 6.54 Å². The van der Waals surface area contributed by atoms with Gasteiger partial charge in [-0.2, -0.15) is 0 Å². The minimum atomic E-state index is -0.299. The van der Waals surface area contributed by atoms with E-state index in [9.17, 15) is 0 Å². The van der Waals surface area contributed by atoms with Crippen molar-refractivity contribution >= 4 is 18.5 Å². The number of benzene rings is 2. The van der Waals surface area contributed by atoms with Crippen LogP contribution in [0.4, 0.5) is 0 Å². The Morgan fingerprint density at radius 2 is 1.33 bits per heavy atom. The molecule has 108 valence electrons. The van der Waals surface area contributed by atoms with Gasteiger partial charge in [0.2, 0.25) is 0 Å². The number of nitrogens with zero attached hydrogens (tertiary/aromatic N) is 1. The normalized spacial score (nSPS) is 10.5. The fourth-order valence-corrected chi connectivity index (χ4v) is 4.31. The van der Waals surface area contributed by atoms with Gasteiger partial charge in [-0.3, -0.25) is 4.90 Å². The van der Waals surface area contributed by atoms with Crippen LogP contribution in [0.3, 0.4) is 0 Å². The Labute approximate surface area is 129 Å². The molecule has 0 saturated carbocycles. The van der Waals surface area contributed by atoms with Crippen LogP contribution in [0.15, 0.2) is 60.7 Å². The lowest BCUT2D eigenvalue weighted by molar-refractivity contribution is 0.463. The van der Waals surface area contributed by atoms with Gasteiger partial charge in [-0.25, -0.2) is 0 Å². The molecule has 0 aliphatic heterocycles. The molecule has 0 heterocycles. The van der Waals surface area contributed by atoms with Crippen LogP contribution in [-0.4, -0.2) is 31.7 Å². The van der Waals surface area contributed by atoms with Gasteiger partial charge in [0.1, 0.15) is 0 Å². The molecule has 0 radical (unpaired) electrons. The van der Waals surface area contributed by atoms with Crippen LogP contribution in [0.5, 0.6) is 0 Å². The highest BCUT2D eigenvalue weighted by Gasteiger charge is 2.11. The molecular formula is C19H22NP. The average Bonchev–Trinajstić information content (AvgIpc) is 2.52. The van der Waals surface area contributed by atoms with Crippen LogP contribution in [0, 0.1) is 11.8 Å². The van der Waals surface area contributed by atoms with E-state index in [0.29, 0.717) is 0 Å². The molecule has 0 atom stereocenters. The zero-order valence-electron chi connectivity index (χ0n) is 12.8.